The van der Waals surface area contributed by atoms with Crippen molar-refractivity contribution in [1.82, 2.24) is 14.7 Å². The van der Waals surface area contributed by atoms with E-state index in [0.717, 1.165) is 5.56 Å². The molecule has 43 heavy (non-hydrogen) atoms. The van der Waals surface area contributed by atoms with Crippen LogP contribution in [0.1, 0.15) is 60.5 Å². The highest BCUT2D eigenvalue weighted by atomic mass is 19.4. The van der Waals surface area contributed by atoms with Crippen LogP contribution in [0.3, 0.4) is 0 Å². The van der Waals surface area contributed by atoms with E-state index < -0.39 is 35.7 Å². The number of rotatable bonds is 7. The van der Waals surface area contributed by atoms with Gasteiger partial charge in [0.25, 0.3) is 0 Å². The van der Waals surface area contributed by atoms with E-state index in [2.05, 4.69) is 0 Å². The Bertz CT molecular complexity index is 1230. The fraction of sp³-hybridized carbons (Fsp3) is 0.548. The Kier molecular flexibility index (Phi) is 10.1. The van der Waals surface area contributed by atoms with E-state index in [4.69, 9.17) is 4.74 Å². The molecule has 3 atom stereocenters. The topological polar surface area (TPSA) is 53.1 Å². The highest BCUT2D eigenvalue weighted by molar-refractivity contribution is 5.79. The van der Waals surface area contributed by atoms with Crippen LogP contribution in [0.4, 0.5) is 26.3 Å². The molecule has 6 nitrogen and oxygen atoms in total. The average molecular weight is 614 g/mol. The first-order valence-electron chi connectivity index (χ1n) is 14.3. The van der Waals surface area contributed by atoms with Crippen molar-refractivity contribution >= 4 is 11.8 Å². The van der Waals surface area contributed by atoms with Crippen LogP contribution in [0.5, 0.6) is 0 Å². The third-order valence-corrected chi connectivity index (χ3v) is 8.34. The molecule has 0 bridgehead atoms. The Balaban J connectivity index is 1.48. The van der Waals surface area contributed by atoms with Crippen molar-refractivity contribution in [2.75, 3.05) is 46.8 Å². The summed E-state index contributed by atoms with van der Waals surface area (Å²) in [4.78, 5) is 31.0. The lowest BCUT2D eigenvalue weighted by Crippen LogP contribution is -2.50. The molecule has 236 valence electrons. The van der Waals surface area contributed by atoms with Gasteiger partial charge in [-0.3, -0.25) is 14.5 Å². The molecule has 0 aromatic heterocycles. The molecule has 0 aliphatic carbocycles. The molecule has 0 radical (unpaired) electrons. The first-order valence-corrected chi connectivity index (χ1v) is 14.3. The van der Waals surface area contributed by atoms with E-state index in [1.54, 1.807) is 19.0 Å². The molecule has 2 aromatic carbocycles. The van der Waals surface area contributed by atoms with Crippen LogP contribution in [0.15, 0.2) is 48.5 Å². The Labute approximate surface area is 247 Å². The number of benzene rings is 2. The third-order valence-electron chi connectivity index (χ3n) is 8.34. The molecule has 4 rings (SSSR count). The maximum absolute atomic E-state index is 13.6. The number of carbonyl (C=O) groups excluding carboxylic acids is 2. The molecule has 2 aliphatic rings. The molecule has 2 fully saturated rings. The van der Waals surface area contributed by atoms with E-state index in [1.807, 2.05) is 35.2 Å². The van der Waals surface area contributed by atoms with Crippen molar-refractivity contribution in [3.05, 3.63) is 70.8 Å². The maximum atomic E-state index is 13.6. The van der Waals surface area contributed by atoms with Gasteiger partial charge in [0.05, 0.1) is 29.9 Å². The summed E-state index contributed by atoms with van der Waals surface area (Å²) < 4.78 is 87.0. The summed E-state index contributed by atoms with van der Waals surface area (Å²) in [7, 11) is 3.41. The number of nitrogens with zero attached hydrogens (tertiary/aromatic N) is 3. The van der Waals surface area contributed by atoms with Gasteiger partial charge in [-0.15, -0.1) is 0 Å². The summed E-state index contributed by atoms with van der Waals surface area (Å²) in [6, 6.07) is 10.8. The predicted octanol–water partition coefficient (Wildman–Crippen LogP) is 5.99. The van der Waals surface area contributed by atoms with Gasteiger partial charge in [-0.1, -0.05) is 30.3 Å². The van der Waals surface area contributed by atoms with Gasteiger partial charge < -0.3 is 14.5 Å². The van der Waals surface area contributed by atoms with Crippen LogP contribution >= 0.6 is 0 Å². The van der Waals surface area contributed by atoms with Crippen LogP contribution in [-0.2, 0) is 26.7 Å². The second-order valence-electron chi connectivity index (χ2n) is 11.6. The van der Waals surface area contributed by atoms with Crippen LogP contribution in [0.25, 0.3) is 0 Å². The number of halogens is 6. The zero-order valence-electron chi connectivity index (χ0n) is 24.4. The maximum Gasteiger partial charge on any atom is 0.416 e. The number of amides is 2. The average Bonchev–Trinajstić information content (AvgIpc) is 2.96. The van der Waals surface area contributed by atoms with Crippen LogP contribution in [0.2, 0.25) is 0 Å². The molecular weight excluding hydrogens is 576 g/mol. The van der Waals surface area contributed by atoms with Gasteiger partial charge in [-0.2, -0.15) is 26.3 Å². The van der Waals surface area contributed by atoms with Gasteiger partial charge >= 0.3 is 12.4 Å². The van der Waals surface area contributed by atoms with Crippen molar-refractivity contribution in [3.63, 3.8) is 0 Å². The summed E-state index contributed by atoms with van der Waals surface area (Å²) in [5.74, 6) is -0.498. The highest BCUT2D eigenvalue weighted by Crippen LogP contribution is 2.40. The Morgan fingerprint density at radius 3 is 2.02 bits per heavy atom. The Morgan fingerprint density at radius 1 is 0.907 bits per heavy atom. The van der Waals surface area contributed by atoms with Gasteiger partial charge in [-0.25, -0.2) is 0 Å². The number of hydrogen-bond acceptors (Lipinski definition) is 4. The summed E-state index contributed by atoms with van der Waals surface area (Å²) in [5.41, 5.74) is -2.11. The minimum atomic E-state index is -4.95. The SMILES string of the molecule is CC(OC1CCN(C(=O)C2CCN(CC(=O)N(C)C)CC2)CC1c1ccccc1)c1cc(C(F)(F)F)cc(C(F)(F)F)c1. The lowest BCUT2D eigenvalue weighted by Gasteiger charge is -2.42. The van der Waals surface area contributed by atoms with Crippen molar-refractivity contribution in [2.45, 2.75) is 56.7 Å². The zero-order valence-corrected chi connectivity index (χ0v) is 24.4. The second-order valence-corrected chi connectivity index (χ2v) is 11.6. The molecule has 12 heteroatoms. The minimum Gasteiger partial charge on any atom is -0.370 e. The monoisotopic (exact) mass is 613 g/mol. The summed E-state index contributed by atoms with van der Waals surface area (Å²) in [6.07, 6.45) is -9.88. The second kappa shape index (κ2) is 13.3. The van der Waals surface area contributed by atoms with Crippen LogP contribution in [0, 0.1) is 5.92 Å². The van der Waals surface area contributed by atoms with Gasteiger partial charge in [0, 0.05) is 39.0 Å². The molecule has 2 amide bonds. The van der Waals surface area contributed by atoms with E-state index in [9.17, 15) is 35.9 Å². The normalized spacial score (nSPS) is 21.5. The number of likely N-dealkylation sites (tertiary alicyclic amines) is 2. The van der Waals surface area contributed by atoms with E-state index in [1.165, 1.54) is 11.8 Å². The van der Waals surface area contributed by atoms with Crippen molar-refractivity contribution in [3.8, 4) is 0 Å². The molecular formula is C31H37F6N3O3. The first-order chi connectivity index (χ1) is 20.1. The van der Waals surface area contributed by atoms with Crippen LogP contribution < -0.4 is 0 Å². The summed E-state index contributed by atoms with van der Waals surface area (Å²) >= 11 is 0. The summed E-state index contributed by atoms with van der Waals surface area (Å²) in [6.45, 7) is 3.69. The van der Waals surface area contributed by atoms with E-state index >= 15 is 0 Å². The van der Waals surface area contributed by atoms with Crippen LogP contribution in [-0.4, -0.2) is 79.4 Å². The number of alkyl halides is 6. The summed E-state index contributed by atoms with van der Waals surface area (Å²) in [5, 5.41) is 0. The number of carbonyl (C=O) groups is 2. The molecule has 0 N–H and O–H groups in total. The molecule has 0 spiro atoms. The highest BCUT2D eigenvalue weighted by Gasteiger charge is 2.40. The Morgan fingerprint density at radius 2 is 1.49 bits per heavy atom. The fourth-order valence-electron chi connectivity index (χ4n) is 5.80. The van der Waals surface area contributed by atoms with Gasteiger partial charge in [0.15, 0.2) is 0 Å². The molecule has 2 aromatic rings. The molecule has 2 heterocycles. The first kappa shape index (κ1) is 32.8. The zero-order chi connectivity index (χ0) is 31.5. The molecule has 2 aliphatic heterocycles. The number of hydrogen-bond donors (Lipinski definition) is 0. The quantitative estimate of drug-likeness (QED) is 0.361. The number of ether oxygens (including phenoxy) is 1. The molecule has 0 saturated carbocycles. The van der Waals surface area contributed by atoms with Crippen molar-refractivity contribution in [1.29, 1.82) is 0 Å². The Hall–Kier alpha value is -3.12. The predicted molar refractivity (Wildman–Crippen MR) is 148 cm³/mol. The number of piperidine rings is 2. The largest absolute Gasteiger partial charge is 0.416 e. The van der Waals surface area contributed by atoms with Gasteiger partial charge in [0.2, 0.25) is 11.8 Å². The minimum absolute atomic E-state index is 0.00606. The molecule has 2 saturated heterocycles. The van der Waals surface area contributed by atoms with Gasteiger partial charge in [0.1, 0.15) is 0 Å². The standard InChI is InChI=1S/C31H37F6N3O3/c1-20(23-15-24(30(32,33)34)17-25(16-23)31(35,36)37)43-27-11-14-40(18-26(27)21-7-5-4-6-8-21)29(42)22-9-12-39(13-10-22)19-28(41)38(2)3/h4-8,15-17,20,22,26-27H,9-14,18-19H2,1-3H3. The van der Waals surface area contributed by atoms with Gasteiger partial charge in [-0.05, 0) is 68.6 Å². The smallest absolute Gasteiger partial charge is 0.370 e. The molecule has 3 unspecified atom stereocenters. The van der Waals surface area contributed by atoms with Crippen molar-refractivity contribution in [2.24, 2.45) is 5.92 Å². The van der Waals surface area contributed by atoms with E-state index in [-0.39, 0.29) is 35.3 Å². The third kappa shape index (κ3) is 8.29. The lowest BCUT2D eigenvalue weighted by atomic mass is 9.86. The lowest BCUT2D eigenvalue weighted by molar-refractivity contribution is -0.143. The number of likely N-dealkylation sites (N-methyl/N-ethyl adjacent to an activating group) is 1. The van der Waals surface area contributed by atoms with Crippen molar-refractivity contribution < 1.29 is 40.7 Å². The fourth-order valence-corrected chi connectivity index (χ4v) is 5.80. The van der Waals surface area contributed by atoms with E-state index in [0.29, 0.717) is 64.1 Å².